The van der Waals surface area contributed by atoms with Crippen LogP contribution in [0.4, 0.5) is 0 Å². The van der Waals surface area contributed by atoms with Crippen molar-refractivity contribution < 1.29 is 26.7 Å². The van der Waals surface area contributed by atoms with Crippen LogP contribution in [0.15, 0.2) is 12.7 Å². The van der Waals surface area contributed by atoms with E-state index in [1.54, 1.807) is 11.8 Å². The molecule has 0 heterocycles. The molecule has 102 valence electrons. The third-order valence-corrected chi connectivity index (χ3v) is 1.98. The molecule has 1 N–H and O–H groups in total. The molecule has 0 aromatic carbocycles. The number of hydrogen-bond donors (Lipinski definition) is 1. The standard InChI is InChI=1S/C7H13NO2.C2H6O4S/c1-5-7(9)10-6(2)8(3)4;1-2-6-7(3,4)5/h5-6H,1H2,2-4H3;2H2,1H3,(H,3,4,5). The molecule has 0 aromatic rings. The van der Waals surface area contributed by atoms with Gasteiger partial charge in [-0.15, -0.1) is 0 Å². The molecule has 1 unspecified atom stereocenters. The molecule has 0 aliphatic carbocycles. The molecule has 0 saturated carbocycles. The first kappa shape index (κ1) is 18.4. The highest BCUT2D eigenvalue weighted by molar-refractivity contribution is 7.80. The molecule has 0 aromatic heterocycles. The van der Waals surface area contributed by atoms with E-state index in [0.717, 1.165) is 6.08 Å². The summed E-state index contributed by atoms with van der Waals surface area (Å²) >= 11 is 0. The van der Waals surface area contributed by atoms with Gasteiger partial charge in [0.2, 0.25) is 0 Å². The first-order valence-electron chi connectivity index (χ1n) is 4.75. The molecule has 0 radical (unpaired) electrons. The van der Waals surface area contributed by atoms with Gasteiger partial charge in [0.15, 0.2) is 6.23 Å². The summed E-state index contributed by atoms with van der Waals surface area (Å²) in [6.07, 6.45) is 0.963. The Hall–Kier alpha value is -0.960. The Balaban J connectivity index is 0. The van der Waals surface area contributed by atoms with E-state index in [4.69, 9.17) is 9.29 Å². The zero-order valence-corrected chi connectivity index (χ0v) is 11.2. The molecule has 1 atom stereocenters. The summed E-state index contributed by atoms with van der Waals surface area (Å²) in [6.45, 7) is 6.51. The lowest BCUT2D eigenvalue weighted by Crippen LogP contribution is -2.29. The van der Waals surface area contributed by atoms with E-state index < -0.39 is 10.4 Å². The van der Waals surface area contributed by atoms with Crippen molar-refractivity contribution in [1.82, 2.24) is 4.90 Å². The van der Waals surface area contributed by atoms with Gasteiger partial charge in [-0.1, -0.05) is 6.58 Å². The second-order valence-electron chi connectivity index (χ2n) is 3.04. The predicted molar refractivity (Wildman–Crippen MR) is 62.6 cm³/mol. The van der Waals surface area contributed by atoms with E-state index in [-0.39, 0.29) is 18.8 Å². The third-order valence-electron chi connectivity index (χ3n) is 1.45. The second-order valence-corrected chi connectivity index (χ2v) is 4.13. The van der Waals surface area contributed by atoms with Crippen LogP contribution in [-0.4, -0.2) is 50.8 Å². The van der Waals surface area contributed by atoms with Crippen LogP contribution in [0.25, 0.3) is 0 Å². The van der Waals surface area contributed by atoms with Gasteiger partial charge in [0.05, 0.1) is 6.61 Å². The molecule has 7 nitrogen and oxygen atoms in total. The van der Waals surface area contributed by atoms with Gasteiger partial charge in [-0.05, 0) is 27.9 Å². The number of ether oxygens (including phenoxy) is 1. The average Bonchev–Trinajstić information content (AvgIpc) is 2.16. The van der Waals surface area contributed by atoms with E-state index in [1.165, 1.54) is 6.92 Å². The zero-order valence-electron chi connectivity index (χ0n) is 10.4. The van der Waals surface area contributed by atoms with Gasteiger partial charge in [0, 0.05) is 6.08 Å². The number of nitrogens with zero attached hydrogens (tertiary/aromatic N) is 1. The lowest BCUT2D eigenvalue weighted by Gasteiger charge is -2.18. The molecule has 0 saturated heterocycles. The molecule has 8 heteroatoms. The van der Waals surface area contributed by atoms with Crippen molar-refractivity contribution in [2.24, 2.45) is 0 Å². The minimum absolute atomic E-state index is 0.0289. The van der Waals surface area contributed by atoms with Crippen LogP contribution in [0.2, 0.25) is 0 Å². The first-order valence-corrected chi connectivity index (χ1v) is 6.11. The molecule has 0 bridgehead atoms. The molecule has 17 heavy (non-hydrogen) atoms. The Bertz CT molecular complexity index is 324. The van der Waals surface area contributed by atoms with Gasteiger partial charge in [-0.2, -0.15) is 8.42 Å². The summed E-state index contributed by atoms with van der Waals surface area (Å²) in [5, 5.41) is 0. The quantitative estimate of drug-likeness (QED) is 0.335. The van der Waals surface area contributed by atoms with Crippen LogP contribution in [0.5, 0.6) is 0 Å². The van der Waals surface area contributed by atoms with E-state index in [1.807, 2.05) is 14.1 Å². The van der Waals surface area contributed by atoms with Crippen LogP contribution < -0.4 is 0 Å². The fraction of sp³-hybridized carbons (Fsp3) is 0.667. The fourth-order valence-electron chi connectivity index (χ4n) is 0.471. The maximum atomic E-state index is 10.6. The summed E-state index contributed by atoms with van der Waals surface area (Å²) in [4.78, 5) is 12.4. The van der Waals surface area contributed by atoms with E-state index >= 15 is 0 Å². The average molecular weight is 269 g/mol. The smallest absolute Gasteiger partial charge is 0.397 e. The van der Waals surface area contributed by atoms with Crippen molar-refractivity contribution in [2.45, 2.75) is 20.1 Å². The van der Waals surface area contributed by atoms with Gasteiger partial charge >= 0.3 is 16.4 Å². The predicted octanol–water partition coefficient (Wildman–Crippen LogP) is 0.449. The van der Waals surface area contributed by atoms with Crippen LogP contribution in [-0.2, 0) is 24.1 Å². The number of rotatable bonds is 5. The molecular weight excluding hydrogens is 250 g/mol. The summed E-state index contributed by atoms with van der Waals surface area (Å²) in [5.74, 6) is -0.388. The second kappa shape index (κ2) is 9.11. The summed E-state index contributed by atoms with van der Waals surface area (Å²) in [7, 11) is -0.505. The van der Waals surface area contributed by atoms with Gasteiger partial charge < -0.3 is 4.74 Å². The minimum Gasteiger partial charge on any atom is -0.444 e. The van der Waals surface area contributed by atoms with E-state index in [2.05, 4.69) is 10.8 Å². The summed E-state index contributed by atoms with van der Waals surface area (Å²) in [5.41, 5.74) is 0. The van der Waals surface area contributed by atoms with Crippen LogP contribution in [0.3, 0.4) is 0 Å². The Morgan fingerprint density at radius 2 is 2.00 bits per heavy atom. The van der Waals surface area contributed by atoms with Crippen LogP contribution in [0.1, 0.15) is 13.8 Å². The molecular formula is C9H19NO6S. The number of carbonyl (C=O) groups is 1. The highest BCUT2D eigenvalue weighted by Crippen LogP contribution is 1.94. The van der Waals surface area contributed by atoms with E-state index in [9.17, 15) is 13.2 Å². The van der Waals surface area contributed by atoms with Crippen molar-refractivity contribution in [3.63, 3.8) is 0 Å². The van der Waals surface area contributed by atoms with Crippen molar-refractivity contribution in [2.75, 3.05) is 20.7 Å². The van der Waals surface area contributed by atoms with Gasteiger partial charge in [0.25, 0.3) is 0 Å². The number of carbonyl (C=O) groups excluding carboxylic acids is 1. The molecule has 0 fully saturated rings. The third kappa shape index (κ3) is 15.0. The molecule has 0 aliphatic rings. The van der Waals surface area contributed by atoms with Crippen molar-refractivity contribution >= 4 is 16.4 Å². The lowest BCUT2D eigenvalue weighted by molar-refractivity contribution is -0.149. The normalized spacial score (nSPS) is 12.4. The minimum atomic E-state index is -4.17. The Morgan fingerprint density at radius 1 is 1.53 bits per heavy atom. The highest BCUT2D eigenvalue weighted by Gasteiger charge is 2.06. The van der Waals surface area contributed by atoms with Crippen LogP contribution >= 0.6 is 0 Å². The van der Waals surface area contributed by atoms with Crippen molar-refractivity contribution in [3.05, 3.63) is 12.7 Å². The Labute approximate surface area is 102 Å². The van der Waals surface area contributed by atoms with Crippen LogP contribution in [0, 0.1) is 0 Å². The van der Waals surface area contributed by atoms with Gasteiger partial charge in [-0.25, -0.2) is 8.98 Å². The summed E-state index contributed by atoms with van der Waals surface area (Å²) in [6, 6.07) is 0. The lowest BCUT2D eigenvalue weighted by atomic mass is 10.6. The molecule has 0 aliphatic heterocycles. The largest absolute Gasteiger partial charge is 0.444 e. The Kier molecular flexibility index (Phi) is 9.86. The number of esters is 1. The van der Waals surface area contributed by atoms with Gasteiger partial charge in [-0.3, -0.25) is 9.45 Å². The van der Waals surface area contributed by atoms with Crippen molar-refractivity contribution in [3.8, 4) is 0 Å². The van der Waals surface area contributed by atoms with Crippen molar-refractivity contribution in [1.29, 1.82) is 0 Å². The monoisotopic (exact) mass is 269 g/mol. The first-order chi connectivity index (χ1) is 7.64. The highest BCUT2D eigenvalue weighted by atomic mass is 32.3. The van der Waals surface area contributed by atoms with E-state index in [0.29, 0.717) is 0 Å². The topological polar surface area (TPSA) is 93.1 Å². The number of hydrogen-bond acceptors (Lipinski definition) is 6. The SMILES string of the molecule is C=CC(=O)OC(C)N(C)C.CCOS(=O)(=O)O. The maximum Gasteiger partial charge on any atom is 0.397 e. The molecule has 0 spiro atoms. The maximum absolute atomic E-state index is 10.6. The summed E-state index contributed by atoms with van der Waals surface area (Å²) < 4.78 is 35.5. The fourth-order valence-corrected chi connectivity index (χ4v) is 0.768. The molecule has 0 amide bonds. The molecule has 0 rings (SSSR count). The van der Waals surface area contributed by atoms with Gasteiger partial charge in [0.1, 0.15) is 0 Å². The zero-order chi connectivity index (χ0) is 14.1. The Morgan fingerprint density at radius 3 is 2.18 bits per heavy atom.